The summed E-state index contributed by atoms with van der Waals surface area (Å²) in [7, 11) is 0. The number of hydrogen-bond donors (Lipinski definition) is 2. The van der Waals surface area contributed by atoms with Crippen LogP contribution in [-0.2, 0) is 0 Å². The van der Waals surface area contributed by atoms with Crippen LogP contribution in [0.1, 0.15) is 44.2 Å². The molecule has 1 saturated carbocycles. The van der Waals surface area contributed by atoms with Gasteiger partial charge in [0.2, 0.25) is 0 Å². The van der Waals surface area contributed by atoms with Gasteiger partial charge in [0.05, 0.1) is 0 Å². The Hall–Kier alpha value is -0.930. The Labute approximate surface area is 108 Å². The van der Waals surface area contributed by atoms with Gasteiger partial charge in [-0.2, -0.15) is 0 Å². The summed E-state index contributed by atoms with van der Waals surface area (Å²) in [5, 5.41) is 12.8. The third kappa shape index (κ3) is 3.53. The largest absolute Gasteiger partial charge is 0.396 e. The summed E-state index contributed by atoms with van der Waals surface area (Å²) in [5.74, 6) is 0.244. The molecule has 0 heterocycles. The smallest absolute Gasteiger partial charge is 0.123 e. The zero-order valence-electron chi connectivity index (χ0n) is 10.9. The zero-order chi connectivity index (χ0) is 13.0. The van der Waals surface area contributed by atoms with E-state index in [0.29, 0.717) is 12.0 Å². The fraction of sp³-hybridized carbons (Fsp3) is 0.600. The van der Waals surface area contributed by atoms with Gasteiger partial charge in [0.15, 0.2) is 0 Å². The van der Waals surface area contributed by atoms with Crippen LogP contribution in [0.5, 0.6) is 0 Å². The molecular formula is C15H22FNO. The molecule has 1 aliphatic rings. The molecule has 18 heavy (non-hydrogen) atoms. The highest BCUT2D eigenvalue weighted by Gasteiger charge is 2.22. The van der Waals surface area contributed by atoms with Crippen molar-refractivity contribution < 1.29 is 9.50 Å². The summed E-state index contributed by atoms with van der Waals surface area (Å²) >= 11 is 0. The molecule has 1 aliphatic carbocycles. The van der Waals surface area contributed by atoms with Crippen molar-refractivity contribution >= 4 is 0 Å². The zero-order valence-corrected chi connectivity index (χ0v) is 10.9. The van der Waals surface area contributed by atoms with E-state index in [4.69, 9.17) is 0 Å². The summed E-state index contributed by atoms with van der Waals surface area (Å²) in [4.78, 5) is 0. The van der Waals surface area contributed by atoms with Gasteiger partial charge in [-0.25, -0.2) is 4.39 Å². The minimum Gasteiger partial charge on any atom is -0.396 e. The van der Waals surface area contributed by atoms with E-state index in [9.17, 15) is 9.50 Å². The average Bonchev–Trinajstić information content (AvgIpc) is 2.39. The normalized spacial score (nSPS) is 25.9. The topological polar surface area (TPSA) is 32.3 Å². The number of halogens is 1. The first-order chi connectivity index (χ1) is 8.69. The molecule has 3 unspecified atom stereocenters. The molecule has 2 nitrogen and oxygen atoms in total. The van der Waals surface area contributed by atoms with E-state index >= 15 is 0 Å². The minimum atomic E-state index is -0.182. The maximum atomic E-state index is 13.2. The van der Waals surface area contributed by atoms with Crippen LogP contribution in [0.4, 0.5) is 4.39 Å². The lowest BCUT2D eigenvalue weighted by Crippen LogP contribution is -2.36. The molecule has 0 aromatic heterocycles. The van der Waals surface area contributed by atoms with Crippen molar-refractivity contribution in [2.45, 2.75) is 44.7 Å². The average molecular weight is 251 g/mol. The van der Waals surface area contributed by atoms with Gasteiger partial charge in [-0.05, 0) is 49.8 Å². The van der Waals surface area contributed by atoms with Gasteiger partial charge in [0.25, 0.3) is 0 Å². The molecule has 100 valence electrons. The third-order valence-electron chi connectivity index (χ3n) is 3.88. The monoisotopic (exact) mass is 251 g/mol. The lowest BCUT2D eigenvalue weighted by Gasteiger charge is -2.31. The fourth-order valence-electron chi connectivity index (χ4n) is 2.83. The fourth-order valence-corrected chi connectivity index (χ4v) is 2.83. The van der Waals surface area contributed by atoms with E-state index in [1.165, 1.54) is 12.5 Å². The summed E-state index contributed by atoms with van der Waals surface area (Å²) in [6, 6.07) is 7.35. The van der Waals surface area contributed by atoms with Crippen LogP contribution in [0.3, 0.4) is 0 Å². The number of nitrogens with one attached hydrogen (secondary N) is 1. The maximum absolute atomic E-state index is 13.2. The van der Waals surface area contributed by atoms with Gasteiger partial charge in [-0.15, -0.1) is 0 Å². The van der Waals surface area contributed by atoms with Crippen molar-refractivity contribution in [2.75, 3.05) is 6.61 Å². The van der Waals surface area contributed by atoms with Crippen molar-refractivity contribution in [3.05, 3.63) is 35.6 Å². The Balaban J connectivity index is 1.92. The molecule has 1 fully saturated rings. The number of benzene rings is 1. The Morgan fingerprint density at radius 3 is 3.00 bits per heavy atom. The van der Waals surface area contributed by atoms with Gasteiger partial charge in [0.1, 0.15) is 5.82 Å². The highest BCUT2D eigenvalue weighted by atomic mass is 19.1. The Morgan fingerprint density at radius 1 is 1.44 bits per heavy atom. The quantitative estimate of drug-likeness (QED) is 0.862. The molecule has 0 spiro atoms. The molecule has 3 heteroatoms. The molecule has 0 bridgehead atoms. The lowest BCUT2D eigenvalue weighted by molar-refractivity contribution is 0.167. The van der Waals surface area contributed by atoms with E-state index in [1.54, 1.807) is 12.1 Å². The van der Waals surface area contributed by atoms with Gasteiger partial charge < -0.3 is 10.4 Å². The van der Waals surface area contributed by atoms with Crippen LogP contribution < -0.4 is 5.32 Å². The second-order valence-electron chi connectivity index (χ2n) is 5.36. The van der Waals surface area contributed by atoms with Crippen molar-refractivity contribution in [3.63, 3.8) is 0 Å². The van der Waals surface area contributed by atoms with E-state index in [1.807, 2.05) is 6.07 Å². The molecule has 1 aromatic rings. The van der Waals surface area contributed by atoms with Crippen LogP contribution in [0.25, 0.3) is 0 Å². The van der Waals surface area contributed by atoms with Crippen LogP contribution in [0.2, 0.25) is 0 Å². The summed E-state index contributed by atoms with van der Waals surface area (Å²) < 4.78 is 13.2. The molecular weight excluding hydrogens is 229 g/mol. The van der Waals surface area contributed by atoms with Crippen LogP contribution in [-0.4, -0.2) is 17.8 Å². The van der Waals surface area contributed by atoms with Crippen LogP contribution in [0.15, 0.2) is 24.3 Å². The number of rotatable bonds is 4. The minimum absolute atomic E-state index is 0.156. The first kappa shape index (κ1) is 13.5. The van der Waals surface area contributed by atoms with Crippen molar-refractivity contribution in [2.24, 2.45) is 5.92 Å². The Kier molecular flexibility index (Phi) is 4.72. The van der Waals surface area contributed by atoms with Crippen molar-refractivity contribution in [1.29, 1.82) is 0 Å². The molecule has 1 aromatic carbocycles. The highest BCUT2D eigenvalue weighted by molar-refractivity contribution is 5.19. The summed E-state index contributed by atoms with van der Waals surface area (Å²) in [6.07, 6.45) is 4.47. The molecule has 0 radical (unpaired) electrons. The van der Waals surface area contributed by atoms with Crippen LogP contribution in [0, 0.1) is 11.7 Å². The predicted molar refractivity (Wildman–Crippen MR) is 70.8 cm³/mol. The third-order valence-corrected chi connectivity index (χ3v) is 3.88. The lowest BCUT2D eigenvalue weighted by atomic mass is 9.85. The van der Waals surface area contributed by atoms with E-state index in [0.717, 1.165) is 24.8 Å². The predicted octanol–water partition coefficient (Wildman–Crippen LogP) is 3.03. The molecule has 2 rings (SSSR count). The summed E-state index contributed by atoms with van der Waals surface area (Å²) in [5.41, 5.74) is 0.987. The Bertz CT molecular complexity index is 383. The highest BCUT2D eigenvalue weighted by Crippen LogP contribution is 2.26. The molecule has 0 saturated heterocycles. The molecule has 3 atom stereocenters. The second kappa shape index (κ2) is 6.30. The number of aliphatic hydroxyl groups is 1. The maximum Gasteiger partial charge on any atom is 0.123 e. The molecule has 0 aliphatic heterocycles. The SMILES string of the molecule is CC(NC1CCCC(CO)C1)c1cccc(F)c1. The first-order valence-corrected chi connectivity index (χ1v) is 6.81. The number of hydrogen-bond acceptors (Lipinski definition) is 2. The van der Waals surface area contributed by atoms with Gasteiger partial charge in [-0.1, -0.05) is 18.6 Å². The Morgan fingerprint density at radius 2 is 2.28 bits per heavy atom. The number of aliphatic hydroxyl groups excluding tert-OH is 1. The summed E-state index contributed by atoms with van der Waals surface area (Å²) in [6.45, 7) is 2.35. The first-order valence-electron chi connectivity index (χ1n) is 6.81. The molecule has 0 amide bonds. The van der Waals surface area contributed by atoms with E-state index < -0.39 is 0 Å². The second-order valence-corrected chi connectivity index (χ2v) is 5.36. The molecule has 2 N–H and O–H groups in total. The van der Waals surface area contributed by atoms with E-state index in [2.05, 4.69) is 12.2 Å². The van der Waals surface area contributed by atoms with Gasteiger partial charge in [-0.3, -0.25) is 0 Å². The van der Waals surface area contributed by atoms with Crippen LogP contribution >= 0.6 is 0 Å². The van der Waals surface area contributed by atoms with Crippen molar-refractivity contribution in [3.8, 4) is 0 Å². The van der Waals surface area contributed by atoms with Crippen molar-refractivity contribution in [1.82, 2.24) is 5.32 Å². The standard InChI is InChI=1S/C15H22FNO/c1-11(13-5-3-6-14(16)9-13)17-15-7-2-4-12(8-15)10-18/h3,5-6,9,11-12,15,17-18H,2,4,7-8,10H2,1H3. The van der Waals surface area contributed by atoms with Gasteiger partial charge in [0, 0.05) is 18.7 Å². The van der Waals surface area contributed by atoms with E-state index in [-0.39, 0.29) is 18.5 Å². The van der Waals surface area contributed by atoms with Gasteiger partial charge >= 0.3 is 0 Å².